The van der Waals surface area contributed by atoms with Gasteiger partial charge in [-0.05, 0) is 81.3 Å². The van der Waals surface area contributed by atoms with E-state index >= 15 is 0 Å². The summed E-state index contributed by atoms with van der Waals surface area (Å²) in [5, 5.41) is 5.59. The number of halogens is 2. The minimum absolute atomic E-state index is 0.0205. The number of hydrogen-bond donors (Lipinski definition) is 0. The summed E-state index contributed by atoms with van der Waals surface area (Å²) in [6.07, 6.45) is 5.67. The van der Waals surface area contributed by atoms with Crippen LogP contribution in [0.5, 0.6) is 5.75 Å². The zero-order valence-corrected chi connectivity index (χ0v) is 26.1. The fraction of sp³-hybridized carbons (Fsp3) is 0.294. The molecule has 0 aliphatic carbocycles. The average Bonchev–Trinajstić information content (AvgIpc) is 3.74. The Hall–Kier alpha value is -4.70. The van der Waals surface area contributed by atoms with Crippen LogP contribution in [-0.4, -0.2) is 68.5 Å². The van der Waals surface area contributed by atoms with Crippen LogP contribution in [0.2, 0.25) is 5.02 Å². The van der Waals surface area contributed by atoms with Crippen LogP contribution in [0.25, 0.3) is 39.3 Å². The molecule has 1 amide bonds. The molecule has 2 saturated heterocycles. The molecule has 2 aliphatic heterocycles. The Labute approximate surface area is 265 Å². The first-order valence-electron chi connectivity index (χ1n) is 14.8. The second-order valence-corrected chi connectivity index (χ2v) is 12.8. The number of hydrogen-bond acceptors (Lipinski definition) is 7. The fourth-order valence-corrected chi connectivity index (χ4v) is 6.60. The topological polar surface area (TPSA) is 85.1 Å². The van der Waals surface area contributed by atoms with Crippen LogP contribution in [0.3, 0.4) is 0 Å². The third kappa shape index (κ3) is 5.22. The highest BCUT2D eigenvalue weighted by atomic mass is 35.5. The van der Waals surface area contributed by atoms with Gasteiger partial charge in [-0.2, -0.15) is 5.10 Å². The number of carbonyl (C=O) groups excluding carboxylic acids is 1. The maximum absolute atomic E-state index is 14.9. The standard InChI is InChI=1S/C34H32ClFN6O3/c1-34(2,3)45-33(43)41-19-23-17-24(41)18-40(23)28-16-22(36)6-7-25(28)27-11-14-38-32-30(21-5-8-26(35)29(15-21)44-4)31(39-42(27)32)20-9-12-37-13-10-20/h5-16,23-24H,17-19H2,1-4H3/t23-,24-/m0/s1. The molecule has 0 radical (unpaired) electrons. The molecular formula is C34H32ClFN6O3. The van der Waals surface area contributed by atoms with Gasteiger partial charge >= 0.3 is 6.09 Å². The molecule has 0 unspecified atom stereocenters. The van der Waals surface area contributed by atoms with E-state index in [9.17, 15) is 9.18 Å². The number of carbonyl (C=O) groups is 1. The number of methoxy groups -OCH3 is 1. The first-order valence-corrected chi connectivity index (χ1v) is 15.2. The number of amides is 1. The van der Waals surface area contributed by atoms with E-state index < -0.39 is 5.60 Å². The van der Waals surface area contributed by atoms with E-state index in [4.69, 9.17) is 31.2 Å². The number of nitrogens with zero attached hydrogens (tertiary/aromatic N) is 6. The Bertz CT molecular complexity index is 1930. The molecule has 0 N–H and O–H groups in total. The Balaban J connectivity index is 1.34. The van der Waals surface area contributed by atoms with E-state index in [0.29, 0.717) is 35.2 Å². The third-order valence-electron chi connectivity index (χ3n) is 8.33. The van der Waals surface area contributed by atoms with Gasteiger partial charge in [0.05, 0.1) is 29.4 Å². The van der Waals surface area contributed by atoms with Crippen molar-refractivity contribution in [2.75, 3.05) is 25.1 Å². The molecule has 45 heavy (non-hydrogen) atoms. The predicted molar refractivity (Wildman–Crippen MR) is 171 cm³/mol. The second kappa shape index (κ2) is 11.0. The highest BCUT2D eigenvalue weighted by Crippen LogP contribution is 2.43. The van der Waals surface area contributed by atoms with Gasteiger partial charge < -0.3 is 19.3 Å². The molecule has 0 spiro atoms. The summed E-state index contributed by atoms with van der Waals surface area (Å²) in [4.78, 5) is 25.9. The largest absolute Gasteiger partial charge is 0.495 e. The van der Waals surface area contributed by atoms with Gasteiger partial charge in [-0.15, -0.1) is 0 Å². The molecule has 5 heterocycles. The van der Waals surface area contributed by atoms with Crippen LogP contribution < -0.4 is 9.64 Å². The van der Waals surface area contributed by atoms with Crippen molar-refractivity contribution < 1.29 is 18.7 Å². The lowest BCUT2D eigenvalue weighted by Crippen LogP contribution is -2.50. The van der Waals surface area contributed by atoms with Crippen molar-refractivity contribution in [2.24, 2.45) is 0 Å². The number of likely N-dealkylation sites (tertiary alicyclic amines) is 1. The Morgan fingerprint density at radius 1 is 0.978 bits per heavy atom. The third-order valence-corrected chi connectivity index (χ3v) is 8.64. The number of anilines is 1. The molecule has 2 aromatic carbocycles. The number of rotatable bonds is 5. The summed E-state index contributed by atoms with van der Waals surface area (Å²) >= 11 is 6.38. The minimum Gasteiger partial charge on any atom is -0.495 e. The molecule has 2 aliphatic rings. The molecule has 11 heteroatoms. The SMILES string of the molecule is COc1cc(-c2c(-c3ccncc3)nn3c(-c4ccc(F)cc4N4C[C@@H]5C[C@H]4CN5C(=O)OC(C)(C)C)ccnc23)ccc1Cl. The lowest BCUT2D eigenvalue weighted by molar-refractivity contribution is 0.0214. The van der Waals surface area contributed by atoms with Crippen LogP contribution in [0.1, 0.15) is 27.2 Å². The highest BCUT2D eigenvalue weighted by Gasteiger charge is 2.47. The van der Waals surface area contributed by atoms with Crippen LogP contribution in [0.15, 0.2) is 73.2 Å². The maximum Gasteiger partial charge on any atom is 0.410 e. The van der Waals surface area contributed by atoms with E-state index in [1.54, 1.807) is 48.8 Å². The van der Waals surface area contributed by atoms with Crippen LogP contribution in [0, 0.1) is 5.82 Å². The van der Waals surface area contributed by atoms with Crippen molar-refractivity contribution in [3.8, 4) is 39.4 Å². The summed E-state index contributed by atoms with van der Waals surface area (Å²) < 4.78 is 27.9. The molecule has 7 rings (SSSR count). The summed E-state index contributed by atoms with van der Waals surface area (Å²) in [5.41, 5.74) is 5.56. The van der Waals surface area contributed by atoms with E-state index in [0.717, 1.165) is 40.1 Å². The zero-order chi connectivity index (χ0) is 31.5. The number of piperazine rings is 1. The quantitative estimate of drug-likeness (QED) is 0.205. The number of fused-ring (bicyclic) bond motifs is 3. The van der Waals surface area contributed by atoms with Gasteiger partial charge in [0, 0.05) is 54.5 Å². The number of benzene rings is 2. The lowest BCUT2D eigenvalue weighted by Gasteiger charge is -2.37. The minimum atomic E-state index is -0.573. The van der Waals surface area contributed by atoms with Gasteiger partial charge in [0.1, 0.15) is 22.9 Å². The first kappa shape index (κ1) is 29.0. The average molecular weight is 627 g/mol. The van der Waals surface area contributed by atoms with Crippen LogP contribution in [0.4, 0.5) is 14.9 Å². The predicted octanol–water partition coefficient (Wildman–Crippen LogP) is 7.12. The van der Waals surface area contributed by atoms with Gasteiger partial charge in [0.25, 0.3) is 0 Å². The highest BCUT2D eigenvalue weighted by molar-refractivity contribution is 6.32. The lowest BCUT2D eigenvalue weighted by atomic mass is 10.0. The molecular weight excluding hydrogens is 595 g/mol. The molecule has 2 fully saturated rings. The Morgan fingerprint density at radius 2 is 1.78 bits per heavy atom. The summed E-state index contributed by atoms with van der Waals surface area (Å²) in [5.74, 6) is 0.202. The van der Waals surface area contributed by atoms with E-state index in [-0.39, 0.29) is 24.0 Å². The van der Waals surface area contributed by atoms with Gasteiger partial charge in [-0.25, -0.2) is 18.7 Å². The van der Waals surface area contributed by atoms with Crippen molar-refractivity contribution >= 4 is 29.0 Å². The maximum atomic E-state index is 14.9. The number of pyridine rings is 1. The van der Waals surface area contributed by atoms with Crippen molar-refractivity contribution in [1.29, 1.82) is 0 Å². The van der Waals surface area contributed by atoms with Crippen molar-refractivity contribution in [2.45, 2.75) is 44.9 Å². The molecule has 2 bridgehead atoms. The molecule has 3 aromatic heterocycles. The van der Waals surface area contributed by atoms with E-state index in [1.165, 1.54) is 6.07 Å². The smallest absolute Gasteiger partial charge is 0.410 e. The molecule has 9 nitrogen and oxygen atoms in total. The summed E-state index contributed by atoms with van der Waals surface area (Å²) in [7, 11) is 1.58. The van der Waals surface area contributed by atoms with E-state index in [1.807, 2.05) is 55.6 Å². The normalized spacial score (nSPS) is 17.7. The monoisotopic (exact) mass is 626 g/mol. The van der Waals surface area contributed by atoms with Crippen LogP contribution in [-0.2, 0) is 4.74 Å². The van der Waals surface area contributed by atoms with Crippen LogP contribution >= 0.6 is 11.6 Å². The fourth-order valence-electron chi connectivity index (χ4n) is 6.41. The van der Waals surface area contributed by atoms with Crippen molar-refractivity contribution in [3.63, 3.8) is 0 Å². The van der Waals surface area contributed by atoms with Gasteiger partial charge in [0.2, 0.25) is 0 Å². The molecule has 230 valence electrons. The van der Waals surface area contributed by atoms with Gasteiger partial charge in [0.15, 0.2) is 5.65 Å². The summed E-state index contributed by atoms with van der Waals surface area (Å²) in [6.45, 7) is 6.68. The molecule has 0 saturated carbocycles. The Kier molecular flexibility index (Phi) is 7.12. The Morgan fingerprint density at radius 3 is 2.49 bits per heavy atom. The first-order chi connectivity index (χ1) is 21.6. The summed E-state index contributed by atoms with van der Waals surface area (Å²) in [6, 6.07) is 16.1. The number of aromatic nitrogens is 4. The van der Waals surface area contributed by atoms with Crippen molar-refractivity contribution in [3.05, 3.63) is 84.0 Å². The second-order valence-electron chi connectivity index (χ2n) is 12.4. The van der Waals surface area contributed by atoms with Gasteiger partial charge in [-0.1, -0.05) is 17.7 Å². The zero-order valence-electron chi connectivity index (χ0n) is 25.4. The molecule has 5 aromatic rings. The van der Waals surface area contributed by atoms with E-state index in [2.05, 4.69) is 9.88 Å². The molecule has 2 atom stereocenters. The number of ether oxygens (including phenoxy) is 2. The van der Waals surface area contributed by atoms with Gasteiger partial charge in [-0.3, -0.25) is 4.98 Å². The van der Waals surface area contributed by atoms with Crippen molar-refractivity contribution in [1.82, 2.24) is 24.5 Å².